The summed E-state index contributed by atoms with van der Waals surface area (Å²) in [6, 6.07) is 15.5. The SMILES string of the molecule is NC(=O)N(OS(=O)(=O)Cc1ccccc1)c1ccccc1. The van der Waals surface area contributed by atoms with Crippen LogP contribution in [0, 0.1) is 0 Å². The van der Waals surface area contributed by atoms with E-state index in [1.807, 2.05) is 0 Å². The molecule has 2 rings (SSSR count). The molecule has 7 heteroatoms. The monoisotopic (exact) mass is 306 g/mol. The molecule has 0 fully saturated rings. The quantitative estimate of drug-likeness (QED) is 0.856. The first-order chi connectivity index (χ1) is 9.98. The number of carbonyl (C=O) groups is 1. The normalized spacial score (nSPS) is 11.0. The highest BCUT2D eigenvalue weighted by Gasteiger charge is 2.22. The van der Waals surface area contributed by atoms with Gasteiger partial charge in [-0.3, -0.25) is 0 Å². The maximum Gasteiger partial charge on any atom is 0.344 e. The lowest BCUT2D eigenvalue weighted by molar-refractivity contribution is 0.222. The van der Waals surface area contributed by atoms with Crippen LogP contribution in [0.5, 0.6) is 0 Å². The standard InChI is InChI=1S/C14H14N2O4S/c15-14(17)16(13-9-5-2-6-10-13)20-21(18,19)11-12-7-3-1-4-8-12/h1-10H,11H2,(H2,15,17). The Morgan fingerprint density at radius 3 is 2.05 bits per heavy atom. The molecule has 6 nitrogen and oxygen atoms in total. The molecule has 0 saturated heterocycles. The number of urea groups is 1. The first kappa shape index (κ1) is 15.0. The summed E-state index contributed by atoms with van der Waals surface area (Å²) in [4.78, 5) is 11.4. The van der Waals surface area contributed by atoms with Crippen LogP contribution in [0.4, 0.5) is 10.5 Å². The fraction of sp³-hybridized carbons (Fsp3) is 0.0714. The van der Waals surface area contributed by atoms with Gasteiger partial charge in [0.15, 0.2) is 0 Å². The molecule has 2 N–H and O–H groups in total. The van der Waals surface area contributed by atoms with E-state index in [4.69, 9.17) is 10.0 Å². The van der Waals surface area contributed by atoms with Crippen molar-refractivity contribution in [3.8, 4) is 0 Å². The third kappa shape index (κ3) is 4.30. The largest absolute Gasteiger partial charge is 0.349 e. The highest BCUT2D eigenvalue weighted by Crippen LogP contribution is 2.17. The van der Waals surface area contributed by atoms with E-state index in [9.17, 15) is 13.2 Å². The Kier molecular flexibility index (Phi) is 4.56. The highest BCUT2D eigenvalue weighted by atomic mass is 32.2. The molecule has 0 aliphatic rings. The molecule has 2 aromatic rings. The smallest absolute Gasteiger partial charge is 0.344 e. The van der Waals surface area contributed by atoms with Gasteiger partial charge in [0, 0.05) is 0 Å². The number of hydrogen-bond donors (Lipinski definition) is 1. The Morgan fingerprint density at radius 1 is 1.00 bits per heavy atom. The molecule has 0 radical (unpaired) electrons. The lowest BCUT2D eigenvalue weighted by Crippen LogP contribution is -2.38. The number of hydrogen-bond acceptors (Lipinski definition) is 4. The van der Waals surface area contributed by atoms with Crippen molar-refractivity contribution in [2.75, 3.05) is 5.06 Å². The van der Waals surface area contributed by atoms with Gasteiger partial charge in [0.2, 0.25) is 0 Å². The van der Waals surface area contributed by atoms with Gasteiger partial charge in [-0.05, 0) is 17.7 Å². The Morgan fingerprint density at radius 2 is 1.52 bits per heavy atom. The maximum absolute atomic E-state index is 12.0. The summed E-state index contributed by atoms with van der Waals surface area (Å²) in [7, 11) is -4.00. The van der Waals surface area contributed by atoms with Crippen molar-refractivity contribution in [3.63, 3.8) is 0 Å². The van der Waals surface area contributed by atoms with Crippen LogP contribution in [0.2, 0.25) is 0 Å². The molecule has 21 heavy (non-hydrogen) atoms. The average molecular weight is 306 g/mol. The first-order valence-electron chi connectivity index (χ1n) is 6.09. The van der Waals surface area contributed by atoms with Crippen LogP contribution in [0.15, 0.2) is 60.7 Å². The van der Waals surface area contributed by atoms with Crippen molar-refractivity contribution >= 4 is 21.8 Å². The van der Waals surface area contributed by atoms with Crippen LogP contribution in [0.1, 0.15) is 5.56 Å². The van der Waals surface area contributed by atoms with E-state index >= 15 is 0 Å². The van der Waals surface area contributed by atoms with Gasteiger partial charge in [-0.2, -0.15) is 13.5 Å². The first-order valence-corrected chi connectivity index (χ1v) is 7.66. The van der Waals surface area contributed by atoms with Gasteiger partial charge in [0.25, 0.3) is 10.1 Å². The highest BCUT2D eigenvalue weighted by molar-refractivity contribution is 7.86. The molecule has 0 aromatic heterocycles. The number of amides is 2. The lowest BCUT2D eigenvalue weighted by atomic mass is 10.2. The fourth-order valence-corrected chi connectivity index (χ4v) is 2.73. The molecule has 0 unspecified atom stereocenters. The second-order valence-electron chi connectivity index (χ2n) is 4.23. The van der Waals surface area contributed by atoms with Crippen molar-refractivity contribution in [2.24, 2.45) is 5.73 Å². The van der Waals surface area contributed by atoms with Gasteiger partial charge >= 0.3 is 6.03 Å². The molecule has 110 valence electrons. The molecular formula is C14H14N2O4S. The number of para-hydroxylation sites is 1. The van der Waals surface area contributed by atoms with E-state index in [0.29, 0.717) is 10.6 Å². The Hall–Kier alpha value is -2.38. The summed E-state index contributed by atoms with van der Waals surface area (Å²) in [5, 5.41) is 0.554. The Labute approximate surface area is 122 Å². The summed E-state index contributed by atoms with van der Waals surface area (Å²) in [5.74, 6) is -0.357. The van der Waals surface area contributed by atoms with Crippen LogP contribution in [0.25, 0.3) is 0 Å². The third-order valence-corrected chi connectivity index (χ3v) is 3.63. The van der Waals surface area contributed by atoms with Gasteiger partial charge in [-0.1, -0.05) is 48.5 Å². The van der Waals surface area contributed by atoms with E-state index in [0.717, 1.165) is 0 Å². The minimum Gasteiger partial charge on any atom is -0.349 e. The minimum absolute atomic E-state index is 0.238. The average Bonchev–Trinajstić information content (AvgIpc) is 2.46. The third-order valence-electron chi connectivity index (χ3n) is 2.57. The van der Waals surface area contributed by atoms with Crippen LogP contribution < -0.4 is 10.8 Å². The van der Waals surface area contributed by atoms with Gasteiger partial charge in [0.05, 0.1) is 5.69 Å². The zero-order valence-corrected chi connectivity index (χ0v) is 11.9. The van der Waals surface area contributed by atoms with E-state index < -0.39 is 16.1 Å². The molecule has 2 amide bonds. The summed E-state index contributed by atoms with van der Waals surface area (Å²) >= 11 is 0. The predicted molar refractivity (Wildman–Crippen MR) is 78.7 cm³/mol. The summed E-state index contributed by atoms with van der Waals surface area (Å²) in [5.41, 5.74) is 5.96. The fourth-order valence-electron chi connectivity index (χ4n) is 1.69. The lowest BCUT2D eigenvalue weighted by Gasteiger charge is -2.18. The van der Waals surface area contributed by atoms with Gasteiger partial charge in [0.1, 0.15) is 5.75 Å². The Bertz CT molecular complexity index is 702. The number of rotatable bonds is 5. The molecule has 2 aromatic carbocycles. The molecular weight excluding hydrogens is 292 g/mol. The van der Waals surface area contributed by atoms with E-state index in [-0.39, 0.29) is 11.4 Å². The van der Waals surface area contributed by atoms with Crippen molar-refractivity contribution in [3.05, 3.63) is 66.2 Å². The van der Waals surface area contributed by atoms with Gasteiger partial charge < -0.3 is 5.73 Å². The number of carbonyl (C=O) groups excluding carboxylic acids is 1. The molecule has 0 aliphatic heterocycles. The summed E-state index contributed by atoms with van der Waals surface area (Å²) < 4.78 is 28.9. The maximum atomic E-state index is 12.0. The zero-order chi connectivity index (χ0) is 15.3. The molecule has 0 aliphatic carbocycles. The Balaban J connectivity index is 2.19. The second kappa shape index (κ2) is 6.38. The van der Waals surface area contributed by atoms with Crippen molar-refractivity contribution in [1.29, 1.82) is 0 Å². The van der Waals surface area contributed by atoms with Crippen molar-refractivity contribution < 1.29 is 17.5 Å². The van der Waals surface area contributed by atoms with E-state index in [1.165, 1.54) is 12.1 Å². The van der Waals surface area contributed by atoms with Crippen LogP contribution >= 0.6 is 0 Å². The number of nitrogens with zero attached hydrogens (tertiary/aromatic N) is 1. The van der Waals surface area contributed by atoms with Crippen LogP contribution in [-0.2, 0) is 20.2 Å². The minimum atomic E-state index is -4.00. The van der Waals surface area contributed by atoms with E-state index in [2.05, 4.69) is 0 Å². The van der Waals surface area contributed by atoms with Gasteiger partial charge in [-0.25, -0.2) is 4.79 Å². The van der Waals surface area contributed by atoms with E-state index in [1.54, 1.807) is 48.5 Å². The van der Waals surface area contributed by atoms with Crippen LogP contribution in [-0.4, -0.2) is 14.4 Å². The molecule has 0 atom stereocenters. The summed E-state index contributed by atoms with van der Waals surface area (Å²) in [6.45, 7) is 0. The molecule has 0 heterocycles. The van der Waals surface area contributed by atoms with Crippen molar-refractivity contribution in [1.82, 2.24) is 0 Å². The number of hydroxylamine groups is 1. The molecule has 0 spiro atoms. The summed E-state index contributed by atoms with van der Waals surface area (Å²) in [6.07, 6.45) is 0. The zero-order valence-electron chi connectivity index (χ0n) is 11.0. The number of anilines is 1. The topological polar surface area (TPSA) is 89.7 Å². The predicted octanol–water partition coefficient (Wildman–Crippen LogP) is 2.03. The second-order valence-corrected chi connectivity index (χ2v) is 5.78. The van der Waals surface area contributed by atoms with Crippen LogP contribution in [0.3, 0.4) is 0 Å². The molecule has 0 bridgehead atoms. The van der Waals surface area contributed by atoms with Crippen molar-refractivity contribution in [2.45, 2.75) is 5.75 Å². The van der Waals surface area contributed by atoms with Gasteiger partial charge in [-0.15, -0.1) is 4.28 Å². The number of nitrogens with two attached hydrogens (primary N) is 1. The number of benzene rings is 2. The number of primary amides is 1. The molecule has 0 saturated carbocycles.